The minimum absolute atomic E-state index is 0.0924. The highest BCUT2D eigenvalue weighted by Gasteiger charge is 2.14. The first-order valence-corrected chi connectivity index (χ1v) is 9.04. The summed E-state index contributed by atoms with van der Waals surface area (Å²) in [7, 11) is 0. The minimum Gasteiger partial charge on any atom is -0.308 e. The van der Waals surface area contributed by atoms with E-state index in [1.807, 2.05) is 60.0 Å². The van der Waals surface area contributed by atoms with E-state index >= 15 is 0 Å². The van der Waals surface area contributed by atoms with Crippen molar-refractivity contribution >= 4 is 24.0 Å². The first-order chi connectivity index (χ1) is 11.7. The number of hydrogen-bond acceptors (Lipinski definition) is 3. The molecule has 0 radical (unpaired) electrons. The van der Waals surface area contributed by atoms with Crippen LogP contribution < -0.4 is 5.56 Å². The second-order valence-electron chi connectivity index (χ2n) is 5.38. The van der Waals surface area contributed by atoms with E-state index in [1.165, 1.54) is 0 Å². The van der Waals surface area contributed by atoms with Gasteiger partial charge in [-0.2, -0.15) is 0 Å². The zero-order valence-electron chi connectivity index (χ0n) is 13.4. The third-order valence-electron chi connectivity index (χ3n) is 3.74. The molecule has 0 aliphatic carbocycles. The summed E-state index contributed by atoms with van der Waals surface area (Å²) in [6.07, 6.45) is 0.662. The van der Waals surface area contributed by atoms with Gasteiger partial charge in [-0.25, -0.2) is 0 Å². The third-order valence-corrected chi connectivity index (χ3v) is 5.23. The van der Waals surface area contributed by atoms with E-state index in [2.05, 4.69) is 17.1 Å². The Balaban J connectivity index is 2.12. The molecule has 3 aromatic rings. The Morgan fingerprint density at radius 1 is 1.04 bits per heavy atom. The molecule has 0 aliphatic heterocycles. The first kappa shape index (κ1) is 16.7. The quantitative estimate of drug-likeness (QED) is 0.534. The Morgan fingerprint density at radius 2 is 1.67 bits per heavy atom. The average molecular weight is 355 g/mol. The van der Waals surface area contributed by atoms with Gasteiger partial charge in [-0.15, -0.1) is 0 Å². The number of aromatic amines is 1. The fourth-order valence-electron chi connectivity index (χ4n) is 2.53. The van der Waals surface area contributed by atoms with Crippen LogP contribution in [0.4, 0.5) is 0 Å². The Morgan fingerprint density at radius 3 is 2.29 bits per heavy atom. The Kier molecular flexibility index (Phi) is 5.33. The monoisotopic (exact) mass is 354 g/mol. The van der Waals surface area contributed by atoms with Crippen LogP contribution in [-0.4, -0.2) is 9.55 Å². The molecule has 122 valence electrons. The predicted octanol–water partition coefficient (Wildman–Crippen LogP) is 4.67. The Labute approximate surface area is 150 Å². The molecular formula is C19H18N2OS2. The molecule has 0 fully saturated rings. The van der Waals surface area contributed by atoms with Crippen molar-refractivity contribution in [2.45, 2.75) is 29.8 Å². The lowest BCUT2D eigenvalue weighted by Gasteiger charge is -2.16. The number of nitrogens with one attached hydrogen (secondary N) is 1. The molecule has 0 spiro atoms. The highest BCUT2D eigenvalue weighted by Crippen LogP contribution is 2.29. The number of aromatic nitrogens is 2. The predicted molar refractivity (Wildman–Crippen MR) is 101 cm³/mol. The zero-order valence-corrected chi connectivity index (χ0v) is 15.0. The second kappa shape index (κ2) is 7.64. The summed E-state index contributed by atoms with van der Waals surface area (Å²) in [5.41, 5.74) is 1.83. The van der Waals surface area contributed by atoms with E-state index in [-0.39, 0.29) is 5.56 Å². The lowest BCUT2D eigenvalue weighted by Crippen LogP contribution is -2.21. The van der Waals surface area contributed by atoms with Crippen molar-refractivity contribution in [2.75, 3.05) is 0 Å². The van der Waals surface area contributed by atoms with Crippen LogP contribution >= 0.6 is 24.0 Å². The maximum atomic E-state index is 12.3. The summed E-state index contributed by atoms with van der Waals surface area (Å²) in [5, 5.41) is 0.918. The lowest BCUT2D eigenvalue weighted by molar-refractivity contribution is 0.654. The van der Waals surface area contributed by atoms with Crippen molar-refractivity contribution in [3.8, 4) is 0 Å². The van der Waals surface area contributed by atoms with E-state index in [4.69, 9.17) is 12.2 Å². The second-order valence-corrected chi connectivity index (χ2v) is 6.83. The lowest BCUT2D eigenvalue weighted by atomic mass is 10.2. The van der Waals surface area contributed by atoms with Gasteiger partial charge in [0.2, 0.25) is 0 Å². The van der Waals surface area contributed by atoms with Crippen molar-refractivity contribution in [3.63, 3.8) is 0 Å². The molecule has 1 aromatic heterocycles. The first-order valence-electron chi connectivity index (χ1n) is 7.82. The van der Waals surface area contributed by atoms with Gasteiger partial charge in [0.1, 0.15) is 0 Å². The SMILES string of the molecule is CCc1c(Sc2ccccc2)n(Cc2ccccc2)c(=S)[nH]c1=O. The van der Waals surface area contributed by atoms with Crippen LogP contribution in [0.1, 0.15) is 18.1 Å². The molecule has 3 nitrogen and oxygen atoms in total. The van der Waals surface area contributed by atoms with Crippen molar-refractivity contribution in [2.24, 2.45) is 0 Å². The van der Waals surface area contributed by atoms with Gasteiger partial charge in [0.05, 0.1) is 11.6 Å². The summed E-state index contributed by atoms with van der Waals surface area (Å²) >= 11 is 7.03. The standard InChI is InChI=1S/C19H18N2OS2/c1-2-16-17(22)20-19(23)21(13-14-9-5-3-6-10-14)18(16)24-15-11-7-4-8-12-15/h3-12H,2,13H2,1H3,(H,20,22,23). The van der Waals surface area contributed by atoms with Gasteiger partial charge < -0.3 is 4.57 Å². The molecule has 0 unspecified atom stereocenters. The van der Waals surface area contributed by atoms with Crippen molar-refractivity contribution in [1.82, 2.24) is 9.55 Å². The van der Waals surface area contributed by atoms with Crippen LogP contribution in [0, 0.1) is 4.77 Å². The van der Waals surface area contributed by atoms with Crippen molar-refractivity contribution in [1.29, 1.82) is 0 Å². The normalized spacial score (nSPS) is 10.7. The minimum atomic E-state index is -0.0924. The van der Waals surface area contributed by atoms with Gasteiger partial charge in [-0.05, 0) is 36.3 Å². The number of benzene rings is 2. The molecule has 24 heavy (non-hydrogen) atoms. The van der Waals surface area contributed by atoms with Crippen LogP contribution in [0.25, 0.3) is 0 Å². The maximum absolute atomic E-state index is 12.3. The molecule has 0 saturated heterocycles. The fraction of sp³-hybridized carbons (Fsp3) is 0.158. The summed E-state index contributed by atoms with van der Waals surface area (Å²) in [6.45, 7) is 2.63. The number of nitrogens with zero attached hydrogens (tertiary/aromatic N) is 1. The van der Waals surface area contributed by atoms with E-state index in [9.17, 15) is 4.79 Å². The van der Waals surface area contributed by atoms with Gasteiger partial charge in [-0.3, -0.25) is 9.78 Å². The number of hydrogen-bond donors (Lipinski definition) is 1. The molecule has 0 amide bonds. The molecule has 5 heteroatoms. The van der Waals surface area contributed by atoms with Gasteiger partial charge in [0.15, 0.2) is 4.77 Å². The van der Waals surface area contributed by atoms with Crippen LogP contribution in [0.15, 0.2) is 75.4 Å². The van der Waals surface area contributed by atoms with Gasteiger partial charge in [0, 0.05) is 10.5 Å². The highest BCUT2D eigenvalue weighted by molar-refractivity contribution is 7.99. The topological polar surface area (TPSA) is 37.8 Å². The molecular weight excluding hydrogens is 336 g/mol. The fourth-order valence-corrected chi connectivity index (χ4v) is 3.98. The van der Waals surface area contributed by atoms with Crippen LogP contribution in [0.3, 0.4) is 0 Å². The van der Waals surface area contributed by atoms with Crippen LogP contribution in [0.5, 0.6) is 0 Å². The van der Waals surface area contributed by atoms with E-state index in [0.29, 0.717) is 17.7 Å². The molecule has 0 atom stereocenters. The number of H-pyrrole nitrogens is 1. The average Bonchev–Trinajstić information content (AvgIpc) is 2.60. The molecule has 0 saturated carbocycles. The molecule has 1 N–H and O–H groups in total. The summed E-state index contributed by atoms with van der Waals surface area (Å²) in [4.78, 5) is 16.2. The summed E-state index contributed by atoms with van der Waals surface area (Å²) in [5.74, 6) is 0. The molecule has 2 aromatic carbocycles. The maximum Gasteiger partial charge on any atom is 0.255 e. The van der Waals surface area contributed by atoms with Crippen molar-refractivity contribution in [3.05, 3.63) is 86.9 Å². The summed E-state index contributed by atoms with van der Waals surface area (Å²) in [6, 6.07) is 20.2. The molecule has 3 rings (SSSR count). The van der Waals surface area contributed by atoms with Gasteiger partial charge in [-0.1, -0.05) is 67.2 Å². The van der Waals surface area contributed by atoms with Crippen LogP contribution in [-0.2, 0) is 13.0 Å². The zero-order chi connectivity index (χ0) is 16.9. The number of rotatable bonds is 5. The molecule has 0 bridgehead atoms. The third kappa shape index (κ3) is 3.68. The van der Waals surface area contributed by atoms with Gasteiger partial charge in [0.25, 0.3) is 5.56 Å². The Bertz CT molecular complexity index is 931. The van der Waals surface area contributed by atoms with E-state index in [0.717, 1.165) is 21.0 Å². The van der Waals surface area contributed by atoms with E-state index < -0.39 is 0 Å². The summed E-state index contributed by atoms with van der Waals surface area (Å²) < 4.78 is 2.47. The van der Waals surface area contributed by atoms with E-state index in [1.54, 1.807) is 11.8 Å². The van der Waals surface area contributed by atoms with Crippen molar-refractivity contribution < 1.29 is 0 Å². The smallest absolute Gasteiger partial charge is 0.255 e. The highest BCUT2D eigenvalue weighted by atomic mass is 32.2. The Hall–Kier alpha value is -2.11. The van der Waals surface area contributed by atoms with Gasteiger partial charge >= 0.3 is 0 Å². The van der Waals surface area contributed by atoms with Crippen LogP contribution in [0.2, 0.25) is 0 Å². The largest absolute Gasteiger partial charge is 0.308 e. The molecule has 0 aliphatic rings. The molecule has 1 heterocycles.